The smallest absolute Gasteiger partial charge is 0.237 e. The van der Waals surface area contributed by atoms with Crippen LogP contribution in [0.15, 0.2) is 0 Å². The molecule has 128 valence electrons. The first-order chi connectivity index (χ1) is 10.4. The van der Waals surface area contributed by atoms with Crippen molar-refractivity contribution in [3.63, 3.8) is 0 Å². The highest BCUT2D eigenvalue weighted by Crippen LogP contribution is 2.23. The lowest BCUT2D eigenvalue weighted by molar-refractivity contribution is -0.133. The van der Waals surface area contributed by atoms with Gasteiger partial charge in [0, 0.05) is 32.2 Å². The molecule has 6 nitrogen and oxygen atoms in total. The molecule has 0 atom stereocenters. The molecule has 0 aromatic heterocycles. The van der Waals surface area contributed by atoms with E-state index in [1.54, 1.807) is 4.90 Å². The van der Waals surface area contributed by atoms with E-state index in [2.05, 4.69) is 4.90 Å². The van der Waals surface area contributed by atoms with Gasteiger partial charge < -0.3 is 9.80 Å². The molecule has 1 heterocycles. The second kappa shape index (κ2) is 7.75. The lowest BCUT2D eigenvalue weighted by Gasteiger charge is -2.35. The molecule has 7 heteroatoms. The van der Waals surface area contributed by atoms with Gasteiger partial charge in [-0.15, -0.1) is 0 Å². The molecule has 2 fully saturated rings. The van der Waals surface area contributed by atoms with Gasteiger partial charge >= 0.3 is 0 Å². The number of amides is 1. The molecule has 1 aliphatic heterocycles. The van der Waals surface area contributed by atoms with Crippen molar-refractivity contribution in [2.45, 2.75) is 44.6 Å². The van der Waals surface area contributed by atoms with Crippen LogP contribution < -0.4 is 0 Å². The van der Waals surface area contributed by atoms with E-state index in [0.29, 0.717) is 13.1 Å². The average Bonchev–Trinajstić information content (AvgIpc) is 2.73. The van der Waals surface area contributed by atoms with Gasteiger partial charge in [-0.05, 0) is 19.9 Å². The van der Waals surface area contributed by atoms with E-state index in [1.165, 1.54) is 23.4 Å². The van der Waals surface area contributed by atoms with Crippen LogP contribution in [0, 0.1) is 0 Å². The minimum Gasteiger partial charge on any atom is -0.339 e. The van der Waals surface area contributed by atoms with E-state index in [9.17, 15) is 13.2 Å². The second-order valence-corrected chi connectivity index (χ2v) is 8.57. The maximum atomic E-state index is 12.5. The SMILES string of the molecule is CN1CCN(C(=O)CN(C2CCCCCC2)S(C)(=O)=O)CC1. The summed E-state index contributed by atoms with van der Waals surface area (Å²) in [5.74, 6) is -0.0530. The number of carbonyl (C=O) groups excluding carboxylic acids is 1. The van der Waals surface area contributed by atoms with Crippen molar-refractivity contribution in [2.75, 3.05) is 46.0 Å². The molecule has 0 aromatic rings. The number of piperazine rings is 1. The van der Waals surface area contributed by atoms with Crippen LogP contribution in [0.3, 0.4) is 0 Å². The van der Waals surface area contributed by atoms with E-state index in [4.69, 9.17) is 0 Å². The van der Waals surface area contributed by atoms with Crippen LogP contribution in [-0.4, -0.2) is 80.5 Å². The van der Waals surface area contributed by atoms with Gasteiger partial charge in [0.1, 0.15) is 0 Å². The number of hydrogen-bond donors (Lipinski definition) is 0. The summed E-state index contributed by atoms with van der Waals surface area (Å²) in [6.45, 7) is 3.10. The van der Waals surface area contributed by atoms with Crippen molar-refractivity contribution in [3.8, 4) is 0 Å². The van der Waals surface area contributed by atoms with Crippen molar-refractivity contribution in [1.29, 1.82) is 0 Å². The summed E-state index contributed by atoms with van der Waals surface area (Å²) in [6, 6.07) is -0.00564. The van der Waals surface area contributed by atoms with Crippen LogP contribution in [-0.2, 0) is 14.8 Å². The van der Waals surface area contributed by atoms with Crippen LogP contribution in [0.1, 0.15) is 38.5 Å². The molecule has 1 saturated heterocycles. The summed E-state index contributed by atoms with van der Waals surface area (Å²) >= 11 is 0. The van der Waals surface area contributed by atoms with Crippen molar-refractivity contribution >= 4 is 15.9 Å². The van der Waals surface area contributed by atoms with Crippen LogP contribution in [0.25, 0.3) is 0 Å². The average molecular weight is 331 g/mol. The predicted octanol–water partition coefficient (Wildman–Crippen LogP) is 0.745. The Kier molecular flexibility index (Phi) is 6.23. The molecule has 0 spiro atoms. The summed E-state index contributed by atoms with van der Waals surface area (Å²) in [7, 11) is -1.31. The molecular formula is C15H29N3O3S. The van der Waals surface area contributed by atoms with E-state index < -0.39 is 10.0 Å². The van der Waals surface area contributed by atoms with Crippen LogP contribution in [0.2, 0.25) is 0 Å². The van der Waals surface area contributed by atoms with Gasteiger partial charge in [-0.25, -0.2) is 8.42 Å². The topological polar surface area (TPSA) is 60.9 Å². The lowest BCUT2D eigenvalue weighted by atomic mass is 10.1. The zero-order chi connectivity index (χ0) is 16.2. The zero-order valence-electron chi connectivity index (χ0n) is 13.8. The number of sulfonamides is 1. The quantitative estimate of drug-likeness (QED) is 0.713. The normalized spacial score (nSPS) is 22.8. The molecular weight excluding hydrogens is 302 g/mol. The number of likely N-dealkylation sites (N-methyl/N-ethyl adjacent to an activating group) is 1. The van der Waals surface area contributed by atoms with Gasteiger partial charge in [-0.3, -0.25) is 4.79 Å². The van der Waals surface area contributed by atoms with Gasteiger partial charge in [0.2, 0.25) is 15.9 Å². The number of hydrogen-bond acceptors (Lipinski definition) is 4. The molecule has 0 unspecified atom stereocenters. The largest absolute Gasteiger partial charge is 0.339 e. The third kappa shape index (κ3) is 4.93. The standard InChI is InChI=1S/C15H29N3O3S/c1-16-9-11-17(12-10-16)15(19)13-18(22(2,20)21)14-7-5-3-4-6-8-14/h14H,3-13H2,1-2H3. The second-order valence-electron chi connectivity index (χ2n) is 6.64. The highest BCUT2D eigenvalue weighted by Gasteiger charge is 2.31. The predicted molar refractivity (Wildman–Crippen MR) is 87.1 cm³/mol. The van der Waals surface area contributed by atoms with Crippen LogP contribution in [0.5, 0.6) is 0 Å². The Balaban J connectivity index is 2.01. The Hall–Kier alpha value is -0.660. The Morgan fingerprint density at radius 3 is 2.09 bits per heavy atom. The molecule has 22 heavy (non-hydrogen) atoms. The van der Waals surface area contributed by atoms with Crippen molar-refractivity contribution in [1.82, 2.24) is 14.1 Å². The summed E-state index contributed by atoms with van der Waals surface area (Å²) in [4.78, 5) is 16.5. The fourth-order valence-corrected chi connectivity index (χ4v) is 4.45. The van der Waals surface area contributed by atoms with E-state index in [1.807, 2.05) is 7.05 Å². The van der Waals surface area contributed by atoms with Crippen molar-refractivity contribution in [2.24, 2.45) is 0 Å². The van der Waals surface area contributed by atoms with Gasteiger partial charge in [-0.1, -0.05) is 25.7 Å². The first kappa shape index (κ1) is 17.7. The zero-order valence-corrected chi connectivity index (χ0v) is 14.6. The third-order valence-corrected chi connectivity index (χ3v) is 6.08. The maximum absolute atomic E-state index is 12.5. The monoisotopic (exact) mass is 331 g/mol. The van der Waals surface area contributed by atoms with Crippen LogP contribution >= 0.6 is 0 Å². The van der Waals surface area contributed by atoms with E-state index in [-0.39, 0.29) is 18.5 Å². The minimum absolute atomic E-state index is 0.00564. The van der Waals surface area contributed by atoms with Gasteiger partial charge in [0.25, 0.3) is 0 Å². The molecule has 0 N–H and O–H groups in total. The van der Waals surface area contributed by atoms with Crippen molar-refractivity contribution < 1.29 is 13.2 Å². The number of rotatable bonds is 4. The molecule has 2 aliphatic rings. The summed E-state index contributed by atoms with van der Waals surface area (Å²) in [6.07, 6.45) is 7.43. The number of nitrogens with zero attached hydrogens (tertiary/aromatic N) is 3. The molecule has 0 aromatic carbocycles. The summed E-state index contributed by atoms with van der Waals surface area (Å²) < 4.78 is 25.8. The third-order valence-electron chi connectivity index (χ3n) is 4.81. The molecule has 1 aliphatic carbocycles. The highest BCUT2D eigenvalue weighted by molar-refractivity contribution is 7.88. The van der Waals surface area contributed by atoms with E-state index >= 15 is 0 Å². The fraction of sp³-hybridized carbons (Fsp3) is 0.933. The maximum Gasteiger partial charge on any atom is 0.237 e. The summed E-state index contributed by atoms with van der Waals surface area (Å²) in [5, 5.41) is 0. The Morgan fingerprint density at radius 1 is 1.05 bits per heavy atom. The fourth-order valence-electron chi connectivity index (χ4n) is 3.35. The first-order valence-corrected chi connectivity index (χ1v) is 10.2. The Bertz CT molecular complexity index is 464. The van der Waals surface area contributed by atoms with Gasteiger partial charge in [0.15, 0.2) is 0 Å². The molecule has 2 rings (SSSR count). The molecule has 1 amide bonds. The lowest BCUT2D eigenvalue weighted by Crippen LogP contribution is -2.52. The summed E-state index contributed by atoms with van der Waals surface area (Å²) in [5.41, 5.74) is 0. The number of carbonyl (C=O) groups is 1. The Morgan fingerprint density at radius 2 is 1.59 bits per heavy atom. The minimum atomic E-state index is -3.35. The molecule has 0 radical (unpaired) electrons. The van der Waals surface area contributed by atoms with Gasteiger partial charge in [0.05, 0.1) is 12.8 Å². The van der Waals surface area contributed by atoms with Crippen molar-refractivity contribution in [3.05, 3.63) is 0 Å². The van der Waals surface area contributed by atoms with E-state index in [0.717, 1.165) is 38.8 Å². The molecule has 1 saturated carbocycles. The van der Waals surface area contributed by atoms with Crippen LogP contribution in [0.4, 0.5) is 0 Å². The van der Waals surface area contributed by atoms with Gasteiger partial charge in [-0.2, -0.15) is 4.31 Å². The first-order valence-electron chi connectivity index (χ1n) is 8.31. The Labute approximate surface area is 134 Å². The molecule has 0 bridgehead atoms. The highest BCUT2D eigenvalue weighted by atomic mass is 32.2.